The molecule has 1 aromatic rings. The monoisotopic (exact) mass is 298 g/mol. The van der Waals surface area contributed by atoms with Crippen LogP contribution in [0.4, 0.5) is 5.69 Å². The molecule has 4 heteroatoms. The molecule has 0 saturated carbocycles. The fraction of sp³-hybridized carbons (Fsp3) is 0.462. The molecule has 0 unspecified atom stereocenters. The Morgan fingerprint density at radius 1 is 1.47 bits per heavy atom. The molecule has 0 aliphatic rings. The number of carbonyl (C=O) groups is 1. The Morgan fingerprint density at radius 2 is 2.12 bits per heavy atom. The van der Waals surface area contributed by atoms with E-state index in [1.165, 1.54) is 0 Å². The van der Waals surface area contributed by atoms with Crippen molar-refractivity contribution < 1.29 is 4.79 Å². The summed E-state index contributed by atoms with van der Waals surface area (Å²) in [6.07, 6.45) is 0.693. The third-order valence-electron chi connectivity index (χ3n) is 2.52. The van der Waals surface area contributed by atoms with Crippen LogP contribution in [0.25, 0.3) is 0 Å². The maximum Gasteiger partial charge on any atom is 0.241 e. The predicted octanol–water partition coefficient (Wildman–Crippen LogP) is 3.07. The minimum absolute atomic E-state index is 0.125. The van der Waals surface area contributed by atoms with Gasteiger partial charge in [-0.2, -0.15) is 0 Å². The molecule has 0 aliphatic carbocycles. The number of hydrogen-bond donors (Lipinski definition) is 2. The van der Waals surface area contributed by atoms with E-state index in [1.54, 1.807) is 0 Å². The Morgan fingerprint density at radius 3 is 2.71 bits per heavy atom. The van der Waals surface area contributed by atoms with Gasteiger partial charge >= 0.3 is 0 Å². The van der Waals surface area contributed by atoms with Gasteiger partial charge in [-0.1, -0.05) is 35.8 Å². The summed E-state index contributed by atoms with van der Waals surface area (Å²) >= 11 is 3.38. The maximum absolute atomic E-state index is 11.9. The third-order valence-corrected chi connectivity index (χ3v) is 3.01. The first-order chi connectivity index (χ1) is 7.90. The zero-order chi connectivity index (χ0) is 13.0. The van der Waals surface area contributed by atoms with Crippen molar-refractivity contribution in [2.45, 2.75) is 33.2 Å². The van der Waals surface area contributed by atoms with Crippen LogP contribution in [0.5, 0.6) is 0 Å². The molecule has 0 radical (unpaired) electrons. The minimum atomic E-state index is -0.451. The summed E-state index contributed by atoms with van der Waals surface area (Å²) in [5, 5.41) is 2.86. The number of nitrogens with two attached hydrogens (primary N) is 1. The van der Waals surface area contributed by atoms with Crippen molar-refractivity contribution in [3.8, 4) is 0 Å². The molecule has 0 saturated heterocycles. The van der Waals surface area contributed by atoms with Gasteiger partial charge in [0.05, 0.1) is 6.04 Å². The number of benzene rings is 1. The van der Waals surface area contributed by atoms with Gasteiger partial charge in [-0.15, -0.1) is 0 Å². The van der Waals surface area contributed by atoms with Crippen molar-refractivity contribution in [3.63, 3.8) is 0 Å². The number of amides is 1. The topological polar surface area (TPSA) is 55.1 Å². The molecule has 1 rings (SSSR count). The van der Waals surface area contributed by atoms with Crippen molar-refractivity contribution >= 4 is 27.5 Å². The summed E-state index contributed by atoms with van der Waals surface area (Å²) in [6, 6.07) is 5.33. The maximum atomic E-state index is 11.9. The SMILES string of the molecule is Cc1ccc(Br)cc1NC(=O)[C@H](N)CC(C)C. The molecule has 1 atom stereocenters. The van der Waals surface area contributed by atoms with Crippen molar-refractivity contribution in [1.29, 1.82) is 0 Å². The zero-order valence-corrected chi connectivity index (χ0v) is 12.0. The molecule has 0 heterocycles. The Hall–Kier alpha value is -0.870. The normalized spacial score (nSPS) is 12.6. The lowest BCUT2D eigenvalue weighted by molar-refractivity contribution is -0.117. The quantitative estimate of drug-likeness (QED) is 0.897. The van der Waals surface area contributed by atoms with E-state index in [1.807, 2.05) is 25.1 Å². The molecule has 17 heavy (non-hydrogen) atoms. The lowest BCUT2D eigenvalue weighted by Crippen LogP contribution is -2.36. The average Bonchev–Trinajstić information content (AvgIpc) is 2.22. The highest BCUT2D eigenvalue weighted by atomic mass is 79.9. The summed E-state index contributed by atoms with van der Waals surface area (Å²) in [5.74, 6) is 0.291. The van der Waals surface area contributed by atoms with E-state index in [-0.39, 0.29) is 5.91 Å². The molecule has 94 valence electrons. The van der Waals surface area contributed by atoms with Crippen molar-refractivity contribution in [2.75, 3.05) is 5.32 Å². The molecule has 0 spiro atoms. The Balaban J connectivity index is 2.70. The van der Waals surface area contributed by atoms with Gasteiger partial charge < -0.3 is 11.1 Å². The van der Waals surface area contributed by atoms with Crippen LogP contribution in [-0.4, -0.2) is 11.9 Å². The Kier molecular flexibility index (Phi) is 5.15. The first-order valence-electron chi connectivity index (χ1n) is 5.72. The molecule has 3 nitrogen and oxygen atoms in total. The first-order valence-corrected chi connectivity index (χ1v) is 6.52. The van der Waals surface area contributed by atoms with Gasteiger partial charge in [0.25, 0.3) is 0 Å². The van der Waals surface area contributed by atoms with Crippen LogP contribution < -0.4 is 11.1 Å². The second kappa shape index (κ2) is 6.17. The van der Waals surface area contributed by atoms with Crippen LogP contribution in [-0.2, 0) is 4.79 Å². The van der Waals surface area contributed by atoms with Gasteiger partial charge in [0.15, 0.2) is 0 Å². The third kappa shape index (κ3) is 4.48. The fourth-order valence-electron chi connectivity index (χ4n) is 1.57. The summed E-state index contributed by atoms with van der Waals surface area (Å²) in [5.41, 5.74) is 7.67. The second-order valence-electron chi connectivity index (χ2n) is 4.68. The van der Waals surface area contributed by atoms with Gasteiger partial charge in [0.2, 0.25) is 5.91 Å². The first kappa shape index (κ1) is 14.2. The van der Waals surface area contributed by atoms with Gasteiger partial charge in [0.1, 0.15) is 0 Å². The standard InChI is InChI=1S/C13H19BrN2O/c1-8(2)6-11(15)13(17)16-12-7-10(14)5-4-9(12)3/h4-5,7-8,11H,6,15H2,1-3H3,(H,16,17)/t11-/m1/s1. The molecule has 0 bridgehead atoms. The van der Waals surface area contributed by atoms with Crippen LogP contribution in [0, 0.1) is 12.8 Å². The molecule has 3 N–H and O–H groups in total. The Bertz CT molecular complexity index is 404. The second-order valence-corrected chi connectivity index (χ2v) is 5.60. The molecule has 1 amide bonds. The zero-order valence-electron chi connectivity index (χ0n) is 10.5. The molecular formula is C13H19BrN2O. The van der Waals surface area contributed by atoms with Gasteiger partial charge in [0, 0.05) is 10.2 Å². The number of anilines is 1. The number of halogens is 1. The van der Waals surface area contributed by atoms with Gasteiger partial charge in [-0.3, -0.25) is 4.79 Å². The van der Waals surface area contributed by atoms with Crippen LogP contribution in [0.1, 0.15) is 25.8 Å². The van der Waals surface area contributed by atoms with E-state index in [2.05, 4.69) is 35.1 Å². The number of hydrogen-bond acceptors (Lipinski definition) is 2. The number of carbonyl (C=O) groups excluding carboxylic acids is 1. The van der Waals surface area contributed by atoms with E-state index in [0.717, 1.165) is 15.7 Å². The predicted molar refractivity (Wildman–Crippen MR) is 74.9 cm³/mol. The van der Waals surface area contributed by atoms with E-state index in [0.29, 0.717) is 12.3 Å². The van der Waals surface area contributed by atoms with E-state index in [9.17, 15) is 4.79 Å². The average molecular weight is 299 g/mol. The lowest BCUT2D eigenvalue weighted by atomic mass is 10.0. The molecule has 1 aromatic carbocycles. The Labute approximate surface area is 111 Å². The number of nitrogens with one attached hydrogen (secondary N) is 1. The highest BCUT2D eigenvalue weighted by Crippen LogP contribution is 2.21. The minimum Gasteiger partial charge on any atom is -0.324 e. The fourth-order valence-corrected chi connectivity index (χ4v) is 1.93. The van der Waals surface area contributed by atoms with Crippen LogP contribution in [0.2, 0.25) is 0 Å². The van der Waals surface area contributed by atoms with Crippen molar-refractivity contribution in [1.82, 2.24) is 0 Å². The van der Waals surface area contributed by atoms with Gasteiger partial charge in [-0.25, -0.2) is 0 Å². The van der Waals surface area contributed by atoms with Crippen LogP contribution in [0.3, 0.4) is 0 Å². The summed E-state index contributed by atoms with van der Waals surface area (Å²) < 4.78 is 0.941. The largest absolute Gasteiger partial charge is 0.324 e. The molecule has 0 aliphatic heterocycles. The van der Waals surface area contributed by atoms with Crippen molar-refractivity contribution in [2.24, 2.45) is 11.7 Å². The molecule has 0 fully saturated rings. The van der Waals surface area contributed by atoms with E-state index in [4.69, 9.17) is 5.73 Å². The van der Waals surface area contributed by atoms with E-state index >= 15 is 0 Å². The highest BCUT2D eigenvalue weighted by Gasteiger charge is 2.15. The molecular weight excluding hydrogens is 280 g/mol. The van der Waals surface area contributed by atoms with E-state index < -0.39 is 6.04 Å². The smallest absolute Gasteiger partial charge is 0.241 e. The summed E-state index contributed by atoms with van der Waals surface area (Å²) in [6.45, 7) is 6.06. The number of rotatable bonds is 4. The number of aryl methyl sites for hydroxylation is 1. The summed E-state index contributed by atoms with van der Waals surface area (Å²) in [7, 11) is 0. The van der Waals surface area contributed by atoms with Crippen LogP contribution in [0.15, 0.2) is 22.7 Å². The summed E-state index contributed by atoms with van der Waals surface area (Å²) in [4.78, 5) is 11.9. The van der Waals surface area contributed by atoms with Gasteiger partial charge in [-0.05, 0) is 37.0 Å². The highest BCUT2D eigenvalue weighted by molar-refractivity contribution is 9.10. The molecule has 0 aromatic heterocycles. The lowest BCUT2D eigenvalue weighted by Gasteiger charge is -2.15. The van der Waals surface area contributed by atoms with Crippen molar-refractivity contribution in [3.05, 3.63) is 28.2 Å². The van der Waals surface area contributed by atoms with Crippen LogP contribution >= 0.6 is 15.9 Å².